The highest BCUT2D eigenvalue weighted by molar-refractivity contribution is 6.06. The van der Waals surface area contributed by atoms with Crippen LogP contribution in [0, 0.1) is 10.1 Å². The first-order valence-corrected chi connectivity index (χ1v) is 6.93. The second-order valence-corrected chi connectivity index (χ2v) is 5.08. The van der Waals surface area contributed by atoms with Gasteiger partial charge in [-0.1, -0.05) is 6.07 Å². The van der Waals surface area contributed by atoms with Crippen molar-refractivity contribution >= 4 is 33.9 Å². The minimum absolute atomic E-state index is 0.0932. The van der Waals surface area contributed by atoms with E-state index in [1.165, 1.54) is 30.3 Å². The molecule has 0 radical (unpaired) electrons. The highest BCUT2D eigenvalue weighted by Gasteiger charge is 2.14. The first-order valence-electron chi connectivity index (χ1n) is 6.93. The van der Waals surface area contributed by atoms with E-state index in [1.54, 1.807) is 18.2 Å². The van der Waals surface area contributed by atoms with Crippen LogP contribution in [0.15, 0.2) is 53.3 Å². The highest BCUT2D eigenvalue weighted by atomic mass is 16.6. The number of pyridine rings is 1. The molecule has 24 heavy (non-hydrogen) atoms. The lowest BCUT2D eigenvalue weighted by molar-refractivity contribution is -0.384. The molecule has 8 heteroatoms. The van der Waals surface area contributed by atoms with Crippen LogP contribution in [0.2, 0.25) is 0 Å². The van der Waals surface area contributed by atoms with Crippen molar-refractivity contribution in [3.63, 3.8) is 0 Å². The standard InChI is InChI=1S/C16H12N4O4/c17-13-2-1-3-14-11(13)8-12(16(22)19-14)15(21)18-9-4-6-10(7-5-9)20(23)24/h1-8H,17H2,(H,18,21)(H,19,22). The number of aromatic amines is 1. The lowest BCUT2D eigenvalue weighted by atomic mass is 10.1. The van der Waals surface area contributed by atoms with Gasteiger partial charge in [-0.3, -0.25) is 19.7 Å². The molecule has 0 bridgehead atoms. The Labute approximate surface area is 135 Å². The molecule has 120 valence electrons. The van der Waals surface area contributed by atoms with Crippen molar-refractivity contribution in [3.8, 4) is 0 Å². The van der Waals surface area contributed by atoms with Gasteiger partial charge in [0.15, 0.2) is 0 Å². The monoisotopic (exact) mass is 324 g/mol. The van der Waals surface area contributed by atoms with Gasteiger partial charge in [0.05, 0.1) is 10.4 Å². The number of aromatic nitrogens is 1. The number of non-ortho nitro benzene ring substituents is 1. The molecule has 0 aliphatic rings. The molecule has 1 amide bonds. The number of nitro benzene ring substituents is 1. The predicted molar refractivity (Wildman–Crippen MR) is 90.0 cm³/mol. The van der Waals surface area contributed by atoms with Crippen LogP contribution in [0.4, 0.5) is 17.1 Å². The van der Waals surface area contributed by atoms with Crippen LogP contribution in [-0.4, -0.2) is 15.8 Å². The van der Waals surface area contributed by atoms with Crippen LogP contribution in [-0.2, 0) is 0 Å². The van der Waals surface area contributed by atoms with E-state index < -0.39 is 16.4 Å². The fourth-order valence-corrected chi connectivity index (χ4v) is 2.29. The summed E-state index contributed by atoms with van der Waals surface area (Å²) in [5.41, 5.74) is 6.43. The normalized spacial score (nSPS) is 10.5. The number of nitrogen functional groups attached to an aromatic ring is 1. The molecule has 0 atom stereocenters. The van der Waals surface area contributed by atoms with E-state index in [2.05, 4.69) is 10.3 Å². The maximum absolute atomic E-state index is 12.3. The summed E-state index contributed by atoms with van der Waals surface area (Å²) >= 11 is 0. The molecular weight excluding hydrogens is 312 g/mol. The molecule has 0 unspecified atom stereocenters. The Morgan fingerprint density at radius 2 is 1.88 bits per heavy atom. The minimum Gasteiger partial charge on any atom is -0.398 e. The third-order valence-corrected chi connectivity index (χ3v) is 3.50. The van der Waals surface area contributed by atoms with Crippen molar-refractivity contribution in [2.45, 2.75) is 0 Å². The number of H-pyrrole nitrogens is 1. The Morgan fingerprint density at radius 1 is 1.17 bits per heavy atom. The van der Waals surface area contributed by atoms with Crippen LogP contribution in [0.5, 0.6) is 0 Å². The van der Waals surface area contributed by atoms with Crippen molar-refractivity contribution in [2.75, 3.05) is 11.1 Å². The molecule has 1 aromatic heterocycles. The number of nitrogens with two attached hydrogens (primary N) is 1. The summed E-state index contributed by atoms with van der Waals surface area (Å²) in [5, 5.41) is 13.7. The van der Waals surface area contributed by atoms with Gasteiger partial charge in [-0.2, -0.15) is 0 Å². The average Bonchev–Trinajstić information content (AvgIpc) is 2.55. The van der Waals surface area contributed by atoms with Crippen molar-refractivity contribution < 1.29 is 9.72 Å². The zero-order chi connectivity index (χ0) is 17.3. The van der Waals surface area contributed by atoms with Gasteiger partial charge in [0.2, 0.25) is 0 Å². The molecule has 1 heterocycles. The predicted octanol–water partition coefficient (Wildman–Crippen LogP) is 2.27. The number of nitrogens with one attached hydrogen (secondary N) is 2. The van der Waals surface area contributed by atoms with Crippen molar-refractivity contribution in [1.82, 2.24) is 4.98 Å². The van der Waals surface area contributed by atoms with Crippen molar-refractivity contribution in [1.29, 1.82) is 0 Å². The van der Waals surface area contributed by atoms with E-state index in [1.807, 2.05) is 0 Å². The summed E-state index contributed by atoms with van der Waals surface area (Å²) in [5.74, 6) is -0.629. The average molecular weight is 324 g/mol. The Balaban J connectivity index is 1.93. The van der Waals surface area contributed by atoms with Gasteiger partial charge in [-0.05, 0) is 30.3 Å². The van der Waals surface area contributed by atoms with Gasteiger partial charge in [0.25, 0.3) is 17.2 Å². The minimum atomic E-state index is -0.629. The second-order valence-electron chi connectivity index (χ2n) is 5.08. The summed E-state index contributed by atoms with van der Waals surface area (Å²) in [4.78, 5) is 37.1. The fraction of sp³-hybridized carbons (Fsp3) is 0. The SMILES string of the molecule is Nc1cccc2[nH]c(=O)c(C(=O)Nc3ccc([N+](=O)[O-])cc3)cc12. The quantitative estimate of drug-likeness (QED) is 0.386. The van der Waals surface area contributed by atoms with E-state index in [4.69, 9.17) is 5.73 Å². The van der Waals surface area contributed by atoms with Crippen LogP contribution < -0.4 is 16.6 Å². The van der Waals surface area contributed by atoms with Crippen LogP contribution in [0.1, 0.15) is 10.4 Å². The fourth-order valence-electron chi connectivity index (χ4n) is 2.29. The number of carbonyl (C=O) groups excluding carboxylic acids is 1. The third kappa shape index (κ3) is 2.80. The lowest BCUT2D eigenvalue weighted by Gasteiger charge is -2.07. The topological polar surface area (TPSA) is 131 Å². The number of fused-ring (bicyclic) bond motifs is 1. The number of nitrogens with zero attached hydrogens (tertiary/aromatic N) is 1. The second kappa shape index (κ2) is 5.84. The number of carbonyl (C=O) groups is 1. The Bertz CT molecular complexity index is 1010. The van der Waals surface area contributed by atoms with Gasteiger partial charge in [0, 0.05) is 28.9 Å². The molecule has 0 spiro atoms. The number of hydrogen-bond acceptors (Lipinski definition) is 5. The number of nitro groups is 1. The summed E-state index contributed by atoms with van der Waals surface area (Å²) < 4.78 is 0. The summed E-state index contributed by atoms with van der Waals surface area (Å²) in [6.45, 7) is 0. The largest absolute Gasteiger partial charge is 0.398 e. The summed E-state index contributed by atoms with van der Waals surface area (Å²) in [6.07, 6.45) is 0. The molecule has 3 rings (SSSR count). The Morgan fingerprint density at radius 3 is 2.54 bits per heavy atom. The number of amides is 1. The van der Waals surface area contributed by atoms with E-state index in [0.29, 0.717) is 22.3 Å². The highest BCUT2D eigenvalue weighted by Crippen LogP contribution is 2.19. The maximum atomic E-state index is 12.3. The van der Waals surface area contributed by atoms with E-state index in [0.717, 1.165) is 0 Å². The molecule has 2 aromatic carbocycles. The van der Waals surface area contributed by atoms with Gasteiger partial charge in [-0.15, -0.1) is 0 Å². The molecule has 0 aliphatic carbocycles. The number of hydrogen-bond donors (Lipinski definition) is 3. The Hall–Kier alpha value is -3.68. The zero-order valence-electron chi connectivity index (χ0n) is 12.3. The van der Waals surface area contributed by atoms with Crippen LogP contribution in [0.25, 0.3) is 10.9 Å². The van der Waals surface area contributed by atoms with Crippen molar-refractivity contribution in [3.05, 3.63) is 74.6 Å². The van der Waals surface area contributed by atoms with E-state index in [-0.39, 0.29) is 11.3 Å². The molecule has 0 aliphatic heterocycles. The van der Waals surface area contributed by atoms with Gasteiger partial charge in [0.1, 0.15) is 5.56 Å². The van der Waals surface area contributed by atoms with Crippen LogP contribution in [0.3, 0.4) is 0 Å². The van der Waals surface area contributed by atoms with E-state index in [9.17, 15) is 19.7 Å². The molecule has 0 saturated carbocycles. The molecular formula is C16H12N4O4. The maximum Gasteiger partial charge on any atom is 0.269 e. The van der Waals surface area contributed by atoms with Crippen molar-refractivity contribution in [2.24, 2.45) is 0 Å². The number of anilines is 2. The number of rotatable bonds is 3. The molecule has 0 fully saturated rings. The zero-order valence-corrected chi connectivity index (χ0v) is 12.3. The molecule has 4 N–H and O–H groups in total. The van der Waals surface area contributed by atoms with Gasteiger partial charge in [-0.25, -0.2) is 0 Å². The number of benzene rings is 2. The van der Waals surface area contributed by atoms with Crippen LogP contribution >= 0.6 is 0 Å². The molecule has 0 saturated heterocycles. The summed E-state index contributed by atoms with van der Waals surface area (Å²) in [6, 6.07) is 11.8. The van der Waals surface area contributed by atoms with Gasteiger partial charge < -0.3 is 16.0 Å². The first-order chi connectivity index (χ1) is 11.5. The first kappa shape index (κ1) is 15.2. The molecule has 3 aromatic rings. The van der Waals surface area contributed by atoms with E-state index >= 15 is 0 Å². The molecule has 8 nitrogen and oxygen atoms in total. The smallest absolute Gasteiger partial charge is 0.269 e. The lowest BCUT2D eigenvalue weighted by Crippen LogP contribution is -2.23. The Kier molecular flexibility index (Phi) is 3.70. The van der Waals surface area contributed by atoms with Gasteiger partial charge >= 0.3 is 0 Å². The summed E-state index contributed by atoms with van der Waals surface area (Å²) in [7, 11) is 0. The third-order valence-electron chi connectivity index (χ3n) is 3.50.